The molecular formula is C8H15NO5. The van der Waals surface area contributed by atoms with Gasteiger partial charge in [0.05, 0.1) is 43.1 Å². The molecule has 6 nitrogen and oxygen atoms in total. The third kappa shape index (κ3) is 1.19. The lowest BCUT2D eigenvalue weighted by Crippen LogP contribution is -2.41. The van der Waals surface area contributed by atoms with Crippen molar-refractivity contribution in [2.45, 2.75) is 36.5 Å². The molecule has 0 aromatic heterocycles. The molecule has 2 aliphatic rings. The van der Waals surface area contributed by atoms with E-state index in [4.69, 9.17) is 5.11 Å². The Morgan fingerprint density at radius 2 is 1.64 bits per heavy atom. The first-order valence-electron chi connectivity index (χ1n) is 4.66. The van der Waals surface area contributed by atoms with Crippen LogP contribution < -0.4 is 0 Å². The van der Waals surface area contributed by atoms with Crippen molar-refractivity contribution in [2.75, 3.05) is 13.2 Å². The van der Waals surface area contributed by atoms with Gasteiger partial charge in [0, 0.05) is 6.54 Å². The molecule has 0 spiro atoms. The molecule has 6 atom stereocenters. The summed E-state index contributed by atoms with van der Waals surface area (Å²) in [7, 11) is 0. The van der Waals surface area contributed by atoms with Crippen molar-refractivity contribution in [3.8, 4) is 0 Å². The van der Waals surface area contributed by atoms with E-state index in [0.717, 1.165) is 0 Å². The molecule has 2 heterocycles. The predicted octanol–water partition coefficient (Wildman–Crippen LogP) is -3.51. The molecule has 2 rings (SSSR count). The van der Waals surface area contributed by atoms with Crippen molar-refractivity contribution >= 4 is 0 Å². The monoisotopic (exact) mass is 205 g/mol. The Morgan fingerprint density at radius 3 is 2.21 bits per heavy atom. The Bertz CT molecular complexity index is 226. The highest BCUT2D eigenvalue weighted by Crippen LogP contribution is 2.33. The van der Waals surface area contributed by atoms with Crippen LogP contribution >= 0.6 is 0 Å². The fourth-order valence-corrected chi connectivity index (χ4v) is 2.46. The Hall–Kier alpha value is -0.240. The van der Waals surface area contributed by atoms with E-state index < -0.39 is 36.5 Å². The van der Waals surface area contributed by atoms with Crippen molar-refractivity contribution in [3.05, 3.63) is 0 Å². The minimum atomic E-state index is -1.11. The van der Waals surface area contributed by atoms with Crippen molar-refractivity contribution in [3.63, 3.8) is 0 Å². The van der Waals surface area contributed by atoms with E-state index in [9.17, 15) is 20.4 Å². The summed E-state index contributed by atoms with van der Waals surface area (Å²) >= 11 is 0. The summed E-state index contributed by atoms with van der Waals surface area (Å²) in [4.78, 5) is 1.56. The zero-order chi connectivity index (χ0) is 10.5. The fourth-order valence-electron chi connectivity index (χ4n) is 2.46. The van der Waals surface area contributed by atoms with Crippen molar-refractivity contribution < 1.29 is 25.5 Å². The van der Waals surface area contributed by atoms with Crippen LogP contribution in [0.4, 0.5) is 0 Å². The van der Waals surface area contributed by atoms with Gasteiger partial charge in [0.2, 0.25) is 0 Å². The Morgan fingerprint density at radius 1 is 1.00 bits per heavy atom. The lowest BCUT2D eigenvalue weighted by molar-refractivity contribution is -0.0268. The summed E-state index contributed by atoms with van der Waals surface area (Å²) in [5.74, 6) is 0. The van der Waals surface area contributed by atoms with Gasteiger partial charge < -0.3 is 25.5 Å². The molecule has 0 aromatic carbocycles. The molecule has 2 unspecified atom stereocenters. The van der Waals surface area contributed by atoms with E-state index in [1.165, 1.54) is 0 Å². The van der Waals surface area contributed by atoms with Crippen LogP contribution in [0.15, 0.2) is 0 Å². The second kappa shape index (κ2) is 3.41. The Labute approximate surface area is 81.0 Å². The molecule has 2 aliphatic heterocycles. The van der Waals surface area contributed by atoms with Crippen LogP contribution in [0.25, 0.3) is 0 Å². The SMILES string of the molecule is OCC1[C@@H](O)[C@H](O)C2[C@@H](O)[C@@H](O)CN12. The molecule has 5 N–H and O–H groups in total. The van der Waals surface area contributed by atoms with E-state index in [0.29, 0.717) is 0 Å². The van der Waals surface area contributed by atoms with Gasteiger partial charge >= 0.3 is 0 Å². The van der Waals surface area contributed by atoms with Gasteiger partial charge in [0.25, 0.3) is 0 Å². The quantitative estimate of drug-likeness (QED) is 0.304. The van der Waals surface area contributed by atoms with Crippen molar-refractivity contribution in [1.82, 2.24) is 4.90 Å². The number of hydrogen-bond donors (Lipinski definition) is 5. The molecule has 2 saturated heterocycles. The number of nitrogens with zero attached hydrogens (tertiary/aromatic N) is 1. The van der Waals surface area contributed by atoms with Gasteiger partial charge in [-0.05, 0) is 0 Å². The lowest BCUT2D eigenvalue weighted by Gasteiger charge is -2.22. The van der Waals surface area contributed by atoms with Gasteiger partial charge in [-0.15, -0.1) is 0 Å². The standard InChI is InChI=1S/C8H15NO5/c10-2-3-6(12)8(14)5-7(13)4(11)1-9(3)5/h3-8,10-14H,1-2H2/t3?,4-,5?,6+,7-,8+/m0/s1. The van der Waals surface area contributed by atoms with Crippen LogP contribution in [-0.4, -0.2) is 80.1 Å². The first kappa shape index (κ1) is 10.3. The highest BCUT2D eigenvalue weighted by Gasteiger charge is 2.56. The van der Waals surface area contributed by atoms with E-state index in [-0.39, 0.29) is 13.2 Å². The summed E-state index contributed by atoms with van der Waals surface area (Å²) in [6.45, 7) is -0.126. The zero-order valence-corrected chi connectivity index (χ0v) is 7.56. The zero-order valence-electron chi connectivity index (χ0n) is 7.56. The van der Waals surface area contributed by atoms with E-state index in [1.54, 1.807) is 4.90 Å². The van der Waals surface area contributed by atoms with Crippen LogP contribution in [0.5, 0.6) is 0 Å². The highest BCUT2D eigenvalue weighted by atomic mass is 16.4. The van der Waals surface area contributed by atoms with Gasteiger partial charge in [0.1, 0.15) is 0 Å². The molecule has 0 amide bonds. The smallest absolute Gasteiger partial charge is 0.0996 e. The lowest BCUT2D eigenvalue weighted by atomic mass is 10.0. The number of rotatable bonds is 1. The Balaban J connectivity index is 2.21. The molecule has 0 aliphatic carbocycles. The van der Waals surface area contributed by atoms with Gasteiger partial charge in [-0.2, -0.15) is 0 Å². The largest absolute Gasteiger partial charge is 0.395 e. The summed E-state index contributed by atoms with van der Waals surface area (Å²) in [5, 5.41) is 47.0. The van der Waals surface area contributed by atoms with Gasteiger partial charge in [0.15, 0.2) is 0 Å². The number of aliphatic hydroxyl groups excluding tert-OH is 5. The molecule has 2 fully saturated rings. The maximum absolute atomic E-state index is 9.58. The third-order valence-electron chi connectivity index (χ3n) is 3.23. The number of fused-ring (bicyclic) bond motifs is 1. The molecule has 0 radical (unpaired) electrons. The molecular weight excluding hydrogens is 190 g/mol. The minimum Gasteiger partial charge on any atom is -0.395 e. The second-order valence-electron chi connectivity index (χ2n) is 3.98. The summed E-state index contributed by atoms with van der Waals surface area (Å²) < 4.78 is 0. The third-order valence-corrected chi connectivity index (χ3v) is 3.23. The fraction of sp³-hybridized carbons (Fsp3) is 1.00. The second-order valence-corrected chi connectivity index (χ2v) is 3.98. The molecule has 14 heavy (non-hydrogen) atoms. The predicted molar refractivity (Wildman–Crippen MR) is 45.4 cm³/mol. The molecule has 0 saturated carbocycles. The Kier molecular flexibility index (Phi) is 2.50. The van der Waals surface area contributed by atoms with Crippen LogP contribution in [-0.2, 0) is 0 Å². The maximum Gasteiger partial charge on any atom is 0.0996 e. The van der Waals surface area contributed by atoms with Crippen molar-refractivity contribution in [1.29, 1.82) is 0 Å². The first-order valence-corrected chi connectivity index (χ1v) is 4.66. The molecule has 0 bridgehead atoms. The minimum absolute atomic E-state index is 0.172. The van der Waals surface area contributed by atoms with Gasteiger partial charge in [-0.3, -0.25) is 4.90 Å². The summed E-state index contributed by atoms with van der Waals surface area (Å²) in [5.41, 5.74) is 0. The number of aliphatic hydroxyl groups is 5. The van der Waals surface area contributed by atoms with Crippen LogP contribution in [0.3, 0.4) is 0 Å². The maximum atomic E-state index is 9.58. The highest BCUT2D eigenvalue weighted by molar-refractivity contribution is 5.09. The van der Waals surface area contributed by atoms with E-state index >= 15 is 0 Å². The average Bonchev–Trinajstić information content (AvgIpc) is 2.54. The normalized spacial score (nSPS) is 53.8. The number of hydrogen-bond acceptors (Lipinski definition) is 6. The average molecular weight is 205 g/mol. The molecule has 82 valence electrons. The van der Waals surface area contributed by atoms with E-state index in [1.807, 2.05) is 0 Å². The van der Waals surface area contributed by atoms with Crippen LogP contribution in [0.2, 0.25) is 0 Å². The summed E-state index contributed by atoms with van der Waals surface area (Å²) in [6.07, 6.45) is -4.15. The van der Waals surface area contributed by atoms with E-state index in [2.05, 4.69) is 0 Å². The van der Waals surface area contributed by atoms with Gasteiger partial charge in [-0.1, -0.05) is 0 Å². The first-order chi connectivity index (χ1) is 6.57. The molecule has 6 heteroatoms. The topological polar surface area (TPSA) is 104 Å². The van der Waals surface area contributed by atoms with Crippen LogP contribution in [0, 0.1) is 0 Å². The summed E-state index contributed by atoms with van der Waals surface area (Å²) in [6, 6.07) is -1.26. The molecule has 0 aromatic rings. The van der Waals surface area contributed by atoms with Gasteiger partial charge in [-0.25, -0.2) is 0 Å². The van der Waals surface area contributed by atoms with Crippen LogP contribution in [0.1, 0.15) is 0 Å². The van der Waals surface area contributed by atoms with Crippen molar-refractivity contribution in [2.24, 2.45) is 0 Å².